The first-order valence-corrected chi connectivity index (χ1v) is 12.7. The molecule has 0 radical (unpaired) electrons. The van der Waals surface area contributed by atoms with Crippen molar-refractivity contribution >= 4 is 21.7 Å². The van der Waals surface area contributed by atoms with E-state index in [1.54, 1.807) is 25.3 Å². The molecule has 0 unspecified atom stereocenters. The lowest BCUT2D eigenvalue weighted by molar-refractivity contribution is 0.0905. The van der Waals surface area contributed by atoms with Crippen LogP contribution < -0.4 is 10.2 Å². The quantitative estimate of drug-likeness (QED) is 0.583. The van der Waals surface area contributed by atoms with Gasteiger partial charge in [0.25, 0.3) is 5.91 Å². The number of carbonyl (C=O) groups is 1. The number of rotatable bonds is 9. The van der Waals surface area contributed by atoms with Gasteiger partial charge in [0.15, 0.2) is 5.69 Å². The van der Waals surface area contributed by atoms with E-state index in [0.29, 0.717) is 44.3 Å². The Labute approximate surface area is 194 Å². The summed E-state index contributed by atoms with van der Waals surface area (Å²) < 4.78 is 38.2. The van der Waals surface area contributed by atoms with E-state index in [4.69, 9.17) is 9.26 Å². The fraction of sp³-hybridized carbons (Fsp3) is 0.591. The zero-order chi connectivity index (χ0) is 23.6. The van der Waals surface area contributed by atoms with Gasteiger partial charge in [-0.1, -0.05) is 5.16 Å². The largest absolute Gasteiger partial charge is 0.383 e. The molecule has 2 aliphatic rings. The summed E-state index contributed by atoms with van der Waals surface area (Å²) in [7, 11) is -0.178. The summed E-state index contributed by atoms with van der Waals surface area (Å²) in [5.41, 5.74) is 0.279. The molecule has 0 bridgehead atoms. The molecule has 0 spiro atoms. The number of piperidine rings is 1. The minimum absolute atomic E-state index is 0.130. The summed E-state index contributed by atoms with van der Waals surface area (Å²) in [5.74, 6) is 1.55. The van der Waals surface area contributed by atoms with E-state index in [0.717, 1.165) is 18.6 Å². The number of likely N-dealkylation sites (N-methyl/N-ethyl adjacent to an activating group) is 1. The second-order valence-corrected chi connectivity index (χ2v) is 10.7. The second kappa shape index (κ2) is 9.78. The normalized spacial score (nSPS) is 21.7. The van der Waals surface area contributed by atoms with Crippen molar-refractivity contribution < 1.29 is 22.5 Å². The van der Waals surface area contributed by atoms with Crippen molar-refractivity contribution in [3.05, 3.63) is 35.9 Å². The van der Waals surface area contributed by atoms with Gasteiger partial charge in [-0.2, -0.15) is 4.31 Å². The summed E-state index contributed by atoms with van der Waals surface area (Å²) >= 11 is 0. The molecule has 180 valence electrons. The minimum Gasteiger partial charge on any atom is -0.383 e. The fourth-order valence-electron chi connectivity index (χ4n) is 4.08. The van der Waals surface area contributed by atoms with Crippen molar-refractivity contribution in [2.24, 2.45) is 0 Å². The first-order valence-electron chi connectivity index (χ1n) is 11.2. The molecule has 2 aromatic rings. The Morgan fingerprint density at radius 2 is 2.12 bits per heavy atom. The van der Waals surface area contributed by atoms with Crippen LogP contribution in [0.4, 0.5) is 5.82 Å². The Morgan fingerprint density at radius 1 is 1.33 bits per heavy atom. The number of ether oxygens (including phenoxy) is 1. The number of pyridine rings is 1. The first-order chi connectivity index (χ1) is 15.8. The summed E-state index contributed by atoms with van der Waals surface area (Å²) in [6.45, 7) is 3.38. The van der Waals surface area contributed by atoms with E-state index >= 15 is 0 Å². The Hall–Kier alpha value is -2.50. The van der Waals surface area contributed by atoms with Crippen molar-refractivity contribution in [3.8, 4) is 0 Å². The molecule has 1 saturated carbocycles. The topological polar surface area (TPSA) is 118 Å². The van der Waals surface area contributed by atoms with Gasteiger partial charge in [-0.05, 0) is 44.7 Å². The molecule has 10 nitrogen and oxygen atoms in total. The highest BCUT2D eigenvalue weighted by molar-refractivity contribution is 7.89. The van der Waals surface area contributed by atoms with E-state index in [2.05, 4.69) is 15.5 Å². The summed E-state index contributed by atoms with van der Waals surface area (Å²) in [4.78, 5) is 18.9. The van der Waals surface area contributed by atoms with Crippen molar-refractivity contribution in [3.63, 3.8) is 0 Å². The standard InChI is InChI=1S/C22H31N5O5S/c1-15-12-17(24-22(28)19-13-20(32-25-19)16-4-5-16)8-9-27(15)33(29,30)18-6-7-21(23-14-18)26(2)10-11-31-3/h6-7,13-17H,4-5,8-12H2,1-3H3,(H,24,28)/t15-,17-/m1/s1. The molecule has 11 heteroatoms. The first kappa shape index (κ1) is 23.7. The number of carbonyl (C=O) groups excluding carboxylic acids is 1. The van der Waals surface area contributed by atoms with Crippen LogP contribution in [0.5, 0.6) is 0 Å². The van der Waals surface area contributed by atoms with Crippen molar-refractivity contribution in [2.45, 2.75) is 55.5 Å². The third-order valence-electron chi connectivity index (χ3n) is 6.24. The lowest BCUT2D eigenvalue weighted by Crippen LogP contribution is -2.50. The predicted molar refractivity (Wildman–Crippen MR) is 122 cm³/mol. The van der Waals surface area contributed by atoms with Crippen LogP contribution >= 0.6 is 0 Å². The molecule has 4 rings (SSSR count). The number of methoxy groups -OCH3 is 1. The lowest BCUT2D eigenvalue weighted by atomic mass is 10.0. The number of anilines is 1. The number of amides is 1. The number of sulfonamides is 1. The highest BCUT2D eigenvalue weighted by atomic mass is 32.2. The van der Waals surface area contributed by atoms with Crippen LogP contribution in [-0.4, -0.2) is 74.7 Å². The fourth-order valence-corrected chi connectivity index (χ4v) is 5.69. The average Bonchev–Trinajstić information content (AvgIpc) is 3.53. The molecule has 1 saturated heterocycles. The molecule has 3 heterocycles. The van der Waals surface area contributed by atoms with Crippen molar-refractivity contribution in [1.29, 1.82) is 0 Å². The van der Waals surface area contributed by atoms with Crippen LogP contribution in [0.2, 0.25) is 0 Å². The third-order valence-corrected chi connectivity index (χ3v) is 8.24. The monoisotopic (exact) mass is 477 g/mol. The Kier molecular flexibility index (Phi) is 7.01. The predicted octanol–water partition coefficient (Wildman–Crippen LogP) is 2.00. The van der Waals surface area contributed by atoms with E-state index in [1.165, 1.54) is 10.5 Å². The van der Waals surface area contributed by atoms with Gasteiger partial charge in [0.2, 0.25) is 10.0 Å². The third kappa shape index (κ3) is 5.36. The van der Waals surface area contributed by atoms with Crippen LogP contribution in [0.3, 0.4) is 0 Å². The second-order valence-electron chi connectivity index (χ2n) is 8.81. The van der Waals surface area contributed by atoms with E-state index in [-0.39, 0.29) is 28.6 Å². The average molecular weight is 478 g/mol. The zero-order valence-corrected chi connectivity index (χ0v) is 20.0. The van der Waals surface area contributed by atoms with Gasteiger partial charge < -0.3 is 19.5 Å². The van der Waals surface area contributed by atoms with Gasteiger partial charge in [0.05, 0.1) is 6.61 Å². The number of nitrogens with one attached hydrogen (secondary N) is 1. The van der Waals surface area contributed by atoms with Gasteiger partial charge in [-0.25, -0.2) is 13.4 Å². The SMILES string of the molecule is COCCN(C)c1ccc(S(=O)(=O)N2CC[C@@H](NC(=O)c3cc(C4CC4)on3)C[C@H]2C)cn1. The van der Waals surface area contributed by atoms with Crippen molar-refractivity contribution in [2.75, 3.05) is 38.8 Å². The van der Waals surface area contributed by atoms with Gasteiger partial charge in [-0.15, -0.1) is 0 Å². The van der Waals surface area contributed by atoms with E-state index in [1.807, 2.05) is 18.9 Å². The van der Waals surface area contributed by atoms with Crippen LogP contribution in [-0.2, 0) is 14.8 Å². The van der Waals surface area contributed by atoms with Gasteiger partial charge >= 0.3 is 0 Å². The molecule has 1 amide bonds. The molecule has 1 aliphatic carbocycles. The number of hydrogen-bond acceptors (Lipinski definition) is 8. The van der Waals surface area contributed by atoms with Gasteiger partial charge in [0, 0.05) is 57.5 Å². The maximum atomic E-state index is 13.2. The van der Waals surface area contributed by atoms with Crippen LogP contribution in [0.1, 0.15) is 54.8 Å². The Bertz CT molecular complexity index is 1070. The molecular formula is C22H31N5O5S. The number of hydrogen-bond donors (Lipinski definition) is 1. The number of aromatic nitrogens is 2. The highest BCUT2D eigenvalue weighted by Crippen LogP contribution is 2.40. The van der Waals surface area contributed by atoms with Crippen LogP contribution in [0.25, 0.3) is 0 Å². The van der Waals surface area contributed by atoms with Gasteiger partial charge in [-0.3, -0.25) is 4.79 Å². The van der Waals surface area contributed by atoms with Crippen LogP contribution in [0.15, 0.2) is 33.8 Å². The molecule has 2 atom stereocenters. The van der Waals surface area contributed by atoms with E-state index < -0.39 is 10.0 Å². The number of nitrogens with zero attached hydrogens (tertiary/aromatic N) is 4. The van der Waals surface area contributed by atoms with Gasteiger partial charge in [0.1, 0.15) is 16.5 Å². The maximum absolute atomic E-state index is 13.2. The molecule has 2 aromatic heterocycles. The Morgan fingerprint density at radius 3 is 2.76 bits per heavy atom. The summed E-state index contributed by atoms with van der Waals surface area (Å²) in [5, 5.41) is 6.86. The molecule has 1 N–H and O–H groups in total. The maximum Gasteiger partial charge on any atom is 0.273 e. The molecule has 1 aliphatic heterocycles. The minimum atomic E-state index is -3.69. The molecule has 2 fully saturated rings. The Balaban J connectivity index is 1.35. The zero-order valence-electron chi connectivity index (χ0n) is 19.2. The van der Waals surface area contributed by atoms with E-state index in [9.17, 15) is 13.2 Å². The summed E-state index contributed by atoms with van der Waals surface area (Å²) in [6, 6.07) is 4.60. The smallest absolute Gasteiger partial charge is 0.273 e. The van der Waals surface area contributed by atoms with Crippen molar-refractivity contribution in [1.82, 2.24) is 19.8 Å². The van der Waals surface area contributed by atoms with Crippen LogP contribution in [0, 0.1) is 0 Å². The molecule has 0 aromatic carbocycles. The lowest BCUT2D eigenvalue weighted by Gasteiger charge is -2.36. The molecular weight excluding hydrogens is 446 g/mol. The summed E-state index contributed by atoms with van der Waals surface area (Å²) in [6.07, 6.45) is 4.58. The molecule has 33 heavy (non-hydrogen) atoms. The highest BCUT2D eigenvalue weighted by Gasteiger charge is 2.36.